The number of benzene rings is 2. The molecule has 0 atom stereocenters. The van der Waals surface area contributed by atoms with Crippen molar-refractivity contribution in [2.24, 2.45) is 0 Å². The number of aromatic nitrogens is 2. The number of Topliss-reactive ketones (excluding diaryl/α,β-unsaturated/α-hetero) is 1. The highest BCUT2D eigenvalue weighted by molar-refractivity contribution is 6.01. The fourth-order valence-electron chi connectivity index (χ4n) is 4.05. The number of aryl methyl sites for hydroxylation is 3. The van der Waals surface area contributed by atoms with Crippen LogP contribution in [0.3, 0.4) is 0 Å². The lowest BCUT2D eigenvalue weighted by atomic mass is 10.0. The third-order valence-electron chi connectivity index (χ3n) is 5.83. The monoisotopic (exact) mass is 418 g/mol. The number of esters is 1. The SMILES string of the molecule is Cc1ccc(C)c(C(=O)COC(=O)c2ccc3c(=O)n4c(nc3c2)CCCCCC4)c1. The minimum atomic E-state index is -0.603. The van der Waals surface area contributed by atoms with Crippen molar-refractivity contribution < 1.29 is 14.3 Å². The number of rotatable bonds is 4. The zero-order chi connectivity index (χ0) is 22.0. The van der Waals surface area contributed by atoms with E-state index in [4.69, 9.17) is 4.74 Å². The van der Waals surface area contributed by atoms with E-state index in [0.29, 0.717) is 23.0 Å². The first-order valence-electron chi connectivity index (χ1n) is 10.7. The maximum atomic E-state index is 12.9. The number of carbonyl (C=O) groups excluding carboxylic acids is 2. The number of hydrogen-bond acceptors (Lipinski definition) is 5. The van der Waals surface area contributed by atoms with Gasteiger partial charge in [-0.25, -0.2) is 9.78 Å². The number of fused-ring (bicyclic) bond motifs is 2. The van der Waals surface area contributed by atoms with Crippen LogP contribution in [0.15, 0.2) is 41.2 Å². The van der Waals surface area contributed by atoms with Crippen LogP contribution in [-0.4, -0.2) is 27.9 Å². The average Bonchev–Trinajstić information content (AvgIpc) is 2.74. The first-order valence-corrected chi connectivity index (χ1v) is 10.7. The second kappa shape index (κ2) is 8.84. The Bertz CT molecular complexity index is 1230. The van der Waals surface area contributed by atoms with E-state index in [-0.39, 0.29) is 23.5 Å². The first-order chi connectivity index (χ1) is 14.9. The van der Waals surface area contributed by atoms with E-state index in [1.54, 1.807) is 28.8 Å². The Morgan fingerprint density at radius 2 is 1.84 bits per heavy atom. The lowest BCUT2D eigenvalue weighted by molar-refractivity contribution is 0.0474. The molecular formula is C25H26N2O4. The molecule has 1 aromatic heterocycles. The Labute approximate surface area is 180 Å². The fraction of sp³-hybridized carbons (Fsp3) is 0.360. The summed E-state index contributed by atoms with van der Waals surface area (Å²) >= 11 is 0. The first kappa shape index (κ1) is 21.0. The zero-order valence-corrected chi connectivity index (χ0v) is 17.9. The Hall–Kier alpha value is -3.28. The molecule has 0 N–H and O–H groups in total. The molecule has 3 aromatic rings. The largest absolute Gasteiger partial charge is 0.454 e. The average molecular weight is 418 g/mol. The van der Waals surface area contributed by atoms with Crippen molar-refractivity contribution in [2.75, 3.05) is 6.61 Å². The van der Waals surface area contributed by atoms with Gasteiger partial charge in [-0.1, -0.05) is 30.5 Å². The van der Waals surface area contributed by atoms with E-state index in [2.05, 4.69) is 4.98 Å². The van der Waals surface area contributed by atoms with Gasteiger partial charge in [0, 0.05) is 18.5 Å². The molecule has 0 unspecified atom stereocenters. The van der Waals surface area contributed by atoms with Gasteiger partial charge in [0.05, 0.1) is 16.5 Å². The van der Waals surface area contributed by atoms with Crippen LogP contribution < -0.4 is 5.56 Å². The van der Waals surface area contributed by atoms with Crippen molar-refractivity contribution in [3.8, 4) is 0 Å². The van der Waals surface area contributed by atoms with E-state index in [1.807, 2.05) is 26.0 Å². The van der Waals surface area contributed by atoms with Crippen LogP contribution in [-0.2, 0) is 17.7 Å². The molecular weight excluding hydrogens is 392 g/mol. The van der Waals surface area contributed by atoms with Gasteiger partial charge in [-0.15, -0.1) is 0 Å². The van der Waals surface area contributed by atoms with Gasteiger partial charge in [-0.2, -0.15) is 0 Å². The van der Waals surface area contributed by atoms with Crippen molar-refractivity contribution in [3.05, 3.63) is 74.8 Å². The third kappa shape index (κ3) is 4.43. The minimum absolute atomic E-state index is 0.0630. The molecule has 2 heterocycles. The van der Waals surface area contributed by atoms with Crippen LogP contribution in [0.5, 0.6) is 0 Å². The molecule has 0 aliphatic carbocycles. The van der Waals surface area contributed by atoms with Crippen LogP contribution >= 0.6 is 0 Å². The second-order valence-electron chi connectivity index (χ2n) is 8.20. The number of ether oxygens (including phenoxy) is 1. The molecule has 1 aliphatic heterocycles. The molecule has 4 rings (SSSR count). The summed E-state index contributed by atoms with van der Waals surface area (Å²) in [7, 11) is 0. The lowest BCUT2D eigenvalue weighted by Crippen LogP contribution is -2.26. The molecule has 0 fully saturated rings. The molecule has 0 saturated carbocycles. The number of ketones is 1. The number of nitrogens with zero attached hydrogens (tertiary/aromatic N) is 2. The van der Waals surface area contributed by atoms with Gasteiger partial charge < -0.3 is 4.74 Å². The topological polar surface area (TPSA) is 78.3 Å². The smallest absolute Gasteiger partial charge is 0.338 e. The summed E-state index contributed by atoms with van der Waals surface area (Å²) < 4.78 is 7.03. The quantitative estimate of drug-likeness (QED) is 0.469. The summed E-state index contributed by atoms with van der Waals surface area (Å²) in [4.78, 5) is 42.6. The van der Waals surface area contributed by atoms with Crippen LogP contribution in [0.1, 0.15) is 63.4 Å². The fourth-order valence-corrected chi connectivity index (χ4v) is 4.05. The normalized spacial score (nSPS) is 13.9. The standard InChI is InChI=1S/C25H26N2O4/c1-16-8-9-17(2)20(13-16)22(28)15-31-25(30)18-10-11-19-21(14-18)26-23-7-5-3-4-6-12-27(23)24(19)29/h8-11,13-14H,3-7,12,15H2,1-2H3. The van der Waals surface area contributed by atoms with Crippen molar-refractivity contribution in [1.82, 2.24) is 9.55 Å². The molecule has 0 amide bonds. The van der Waals surface area contributed by atoms with Gasteiger partial charge in [0.25, 0.3) is 5.56 Å². The summed E-state index contributed by atoms with van der Waals surface area (Å²) in [5.74, 6) is -0.0740. The van der Waals surface area contributed by atoms with Crippen LogP contribution in [0.2, 0.25) is 0 Å². The number of hydrogen-bond donors (Lipinski definition) is 0. The molecule has 0 saturated heterocycles. The molecule has 6 heteroatoms. The van der Waals surface area contributed by atoms with Crippen molar-refractivity contribution >= 4 is 22.7 Å². The predicted octanol–water partition coefficient (Wildman–Crippen LogP) is 4.17. The summed E-state index contributed by atoms with van der Waals surface area (Å²) in [6, 6.07) is 10.4. The van der Waals surface area contributed by atoms with Crippen LogP contribution in [0, 0.1) is 13.8 Å². The lowest BCUT2D eigenvalue weighted by Gasteiger charge is -2.16. The van der Waals surface area contributed by atoms with E-state index < -0.39 is 5.97 Å². The number of carbonyl (C=O) groups is 2. The summed E-state index contributed by atoms with van der Waals surface area (Å²) in [5, 5.41) is 0.493. The third-order valence-corrected chi connectivity index (χ3v) is 5.83. The molecule has 2 aromatic carbocycles. The second-order valence-corrected chi connectivity index (χ2v) is 8.20. The Kier molecular flexibility index (Phi) is 5.98. The molecule has 31 heavy (non-hydrogen) atoms. The molecule has 0 radical (unpaired) electrons. The Morgan fingerprint density at radius 3 is 2.68 bits per heavy atom. The summed E-state index contributed by atoms with van der Waals surface area (Å²) in [6.07, 6.45) is 4.98. The zero-order valence-electron chi connectivity index (χ0n) is 17.9. The maximum absolute atomic E-state index is 12.9. The van der Waals surface area contributed by atoms with E-state index in [9.17, 15) is 14.4 Å². The highest BCUT2D eigenvalue weighted by Crippen LogP contribution is 2.17. The van der Waals surface area contributed by atoms with Crippen LogP contribution in [0.4, 0.5) is 0 Å². The van der Waals surface area contributed by atoms with Gasteiger partial charge in [-0.05, 0) is 56.5 Å². The van der Waals surface area contributed by atoms with E-state index >= 15 is 0 Å². The van der Waals surface area contributed by atoms with Gasteiger partial charge >= 0.3 is 5.97 Å². The molecule has 0 bridgehead atoms. The maximum Gasteiger partial charge on any atom is 0.338 e. The Balaban J connectivity index is 1.55. The van der Waals surface area contributed by atoms with E-state index in [0.717, 1.165) is 49.1 Å². The van der Waals surface area contributed by atoms with Crippen molar-refractivity contribution in [3.63, 3.8) is 0 Å². The van der Waals surface area contributed by atoms with Gasteiger partial charge in [0.15, 0.2) is 6.61 Å². The predicted molar refractivity (Wildman–Crippen MR) is 119 cm³/mol. The molecule has 1 aliphatic rings. The van der Waals surface area contributed by atoms with Gasteiger partial charge in [0.2, 0.25) is 5.78 Å². The van der Waals surface area contributed by atoms with Crippen molar-refractivity contribution in [2.45, 2.75) is 52.5 Å². The minimum Gasteiger partial charge on any atom is -0.454 e. The Morgan fingerprint density at radius 1 is 1.03 bits per heavy atom. The highest BCUT2D eigenvalue weighted by atomic mass is 16.5. The summed E-state index contributed by atoms with van der Waals surface area (Å²) in [6.45, 7) is 4.12. The molecule has 6 nitrogen and oxygen atoms in total. The van der Waals surface area contributed by atoms with Crippen molar-refractivity contribution in [1.29, 1.82) is 0 Å². The molecule has 0 spiro atoms. The summed E-state index contributed by atoms with van der Waals surface area (Å²) in [5.41, 5.74) is 3.09. The highest BCUT2D eigenvalue weighted by Gasteiger charge is 2.17. The van der Waals surface area contributed by atoms with Gasteiger partial charge in [0.1, 0.15) is 5.82 Å². The van der Waals surface area contributed by atoms with Gasteiger partial charge in [-0.3, -0.25) is 14.2 Å². The van der Waals surface area contributed by atoms with Crippen LogP contribution in [0.25, 0.3) is 10.9 Å². The molecule has 160 valence electrons. The van der Waals surface area contributed by atoms with E-state index in [1.165, 1.54) is 0 Å².